The minimum Gasteiger partial charge on any atom is -0.493 e. The van der Waals surface area contributed by atoms with Crippen molar-refractivity contribution in [2.75, 3.05) is 19.8 Å². The Morgan fingerprint density at radius 2 is 2.14 bits per heavy atom. The van der Waals surface area contributed by atoms with Gasteiger partial charge in [-0.15, -0.1) is 12.4 Å². The molecule has 1 aliphatic heterocycles. The van der Waals surface area contributed by atoms with Crippen molar-refractivity contribution in [3.05, 3.63) is 58.1 Å². The normalized spacial score (nSPS) is 13.6. The highest BCUT2D eigenvalue weighted by atomic mass is 35.5. The van der Waals surface area contributed by atoms with Crippen LogP contribution in [0.2, 0.25) is 5.02 Å². The van der Waals surface area contributed by atoms with Crippen molar-refractivity contribution in [2.24, 2.45) is 0 Å². The third-order valence-electron chi connectivity index (χ3n) is 4.73. The summed E-state index contributed by atoms with van der Waals surface area (Å²) in [6.07, 6.45) is 1.08. The first-order valence-electron chi connectivity index (χ1n) is 9.37. The lowest BCUT2D eigenvalue weighted by Gasteiger charge is -2.28. The molecule has 0 aliphatic carbocycles. The van der Waals surface area contributed by atoms with Gasteiger partial charge in [0.05, 0.1) is 11.6 Å². The van der Waals surface area contributed by atoms with E-state index in [2.05, 4.69) is 31.3 Å². The van der Waals surface area contributed by atoms with Gasteiger partial charge in [0.15, 0.2) is 0 Å². The smallest absolute Gasteiger partial charge is 0.138 e. The maximum atomic E-state index is 10.3. The number of nitrogens with one attached hydrogen (secondary N) is 1. The van der Waals surface area contributed by atoms with E-state index in [0.717, 1.165) is 25.2 Å². The summed E-state index contributed by atoms with van der Waals surface area (Å²) in [5.74, 6) is 1.37. The van der Waals surface area contributed by atoms with Crippen molar-refractivity contribution in [1.29, 1.82) is 5.26 Å². The number of benzene rings is 2. The number of rotatable bonds is 8. The molecule has 0 unspecified atom stereocenters. The van der Waals surface area contributed by atoms with E-state index in [0.29, 0.717) is 17.3 Å². The van der Waals surface area contributed by atoms with Gasteiger partial charge in [-0.25, -0.2) is 0 Å². The summed E-state index contributed by atoms with van der Waals surface area (Å²) in [6.45, 7) is 5.43. The number of hydrogen-bond acceptors (Lipinski definition) is 5. The lowest BCUT2D eigenvalue weighted by Crippen LogP contribution is -2.46. The molecule has 0 fully saturated rings. The first-order valence-corrected chi connectivity index (χ1v) is 9.75. The highest BCUT2D eigenvalue weighted by Gasteiger charge is 2.21. The van der Waals surface area contributed by atoms with E-state index >= 15 is 0 Å². The zero-order valence-corrected chi connectivity index (χ0v) is 18.1. The van der Waals surface area contributed by atoms with Crippen LogP contribution in [0.15, 0.2) is 36.4 Å². The van der Waals surface area contributed by atoms with E-state index in [-0.39, 0.29) is 30.1 Å². The van der Waals surface area contributed by atoms with Gasteiger partial charge in [0.25, 0.3) is 0 Å². The van der Waals surface area contributed by atoms with Crippen LogP contribution >= 0.6 is 24.0 Å². The molecule has 0 spiro atoms. The second-order valence-corrected chi connectivity index (χ2v) is 8.08. The minimum absolute atomic E-state index is 0. The fourth-order valence-corrected chi connectivity index (χ4v) is 3.50. The molecule has 1 aliphatic rings. The van der Waals surface area contributed by atoms with Crippen LogP contribution in [0, 0.1) is 11.3 Å². The molecule has 29 heavy (non-hydrogen) atoms. The quantitative estimate of drug-likeness (QED) is 0.655. The fourth-order valence-electron chi connectivity index (χ4n) is 3.29. The number of halogens is 2. The third-order valence-corrected chi connectivity index (χ3v) is 5.05. The highest BCUT2D eigenvalue weighted by Crippen LogP contribution is 2.27. The van der Waals surface area contributed by atoms with Gasteiger partial charge in [0.1, 0.15) is 35.8 Å². The Kier molecular flexibility index (Phi) is 8.18. The molecule has 2 N–H and O–H groups in total. The monoisotopic (exact) mass is 436 g/mol. The summed E-state index contributed by atoms with van der Waals surface area (Å²) in [4.78, 5) is 0. The molecule has 0 saturated carbocycles. The largest absolute Gasteiger partial charge is 0.493 e. The Labute approximate surface area is 183 Å². The van der Waals surface area contributed by atoms with E-state index in [1.807, 2.05) is 12.1 Å². The summed E-state index contributed by atoms with van der Waals surface area (Å²) < 4.78 is 11.2. The van der Waals surface area contributed by atoms with Crippen molar-refractivity contribution in [3.8, 4) is 17.6 Å². The molecule has 7 heteroatoms. The summed E-state index contributed by atoms with van der Waals surface area (Å²) in [7, 11) is 0. The zero-order chi connectivity index (χ0) is 20.1. The molecule has 5 nitrogen and oxygen atoms in total. The Bertz CT molecular complexity index is 881. The van der Waals surface area contributed by atoms with Crippen LogP contribution < -0.4 is 14.8 Å². The summed E-state index contributed by atoms with van der Waals surface area (Å²) in [5.41, 5.74) is 2.59. The van der Waals surface area contributed by atoms with Crippen LogP contribution in [-0.2, 0) is 12.8 Å². The van der Waals surface area contributed by atoms with Gasteiger partial charge in [0, 0.05) is 18.5 Å². The maximum absolute atomic E-state index is 10.3. The molecule has 2 aromatic rings. The maximum Gasteiger partial charge on any atom is 0.138 e. The molecule has 1 atom stereocenters. The SMILES string of the molecule is CC(C)(Cc1ccc2c(c1)CCO2)NC[C@@H](O)COc1cccc(Cl)c1C#N.Cl. The Hall–Kier alpha value is -1.97. The lowest BCUT2D eigenvalue weighted by molar-refractivity contribution is 0.0987. The predicted octanol–water partition coefficient (Wildman–Crippen LogP) is 3.92. The first kappa shape index (κ1) is 23.3. The number of aliphatic hydroxyl groups excluding tert-OH is 1. The number of aliphatic hydroxyl groups is 1. The number of ether oxygens (including phenoxy) is 2. The van der Waals surface area contributed by atoms with Gasteiger partial charge in [-0.3, -0.25) is 0 Å². The zero-order valence-electron chi connectivity index (χ0n) is 16.6. The Morgan fingerprint density at radius 1 is 1.34 bits per heavy atom. The second-order valence-electron chi connectivity index (χ2n) is 7.67. The van der Waals surface area contributed by atoms with Gasteiger partial charge < -0.3 is 19.9 Å². The van der Waals surface area contributed by atoms with E-state index < -0.39 is 6.10 Å². The number of nitriles is 1. The van der Waals surface area contributed by atoms with Crippen LogP contribution in [0.5, 0.6) is 11.5 Å². The highest BCUT2D eigenvalue weighted by molar-refractivity contribution is 6.31. The average Bonchev–Trinajstić information content (AvgIpc) is 3.12. The van der Waals surface area contributed by atoms with E-state index in [9.17, 15) is 10.4 Å². The van der Waals surface area contributed by atoms with Crippen molar-refractivity contribution in [3.63, 3.8) is 0 Å². The number of hydrogen-bond donors (Lipinski definition) is 2. The van der Waals surface area contributed by atoms with E-state index in [4.69, 9.17) is 21.1 Å². The summed E-state index contributed by atoms with van der Waals surface area (Å²) in [5, 5.41) is 23.2. The van der Waals surface area contributed by atoms with Crippen LogP contribution in [-0.4, -0.2) is 36.5 Å². The molecule has 3 rings (SSSR count). The van der Waals surface area contributed by atoms with Gasteiger partial charge in [-0.1, -0.05) is 29.8 Å². The van der Waals surface area contributed by atoms with Crippen molar-refractivity contribution < 1.29 is 14.6 Å². The van der Waals surface area contributed by atoms with Gasteiger partial charge in [0.2, 0.25) is 0 Å². The molecule has 0 bridgehead atoms. The average molecular weight is 437 g/mol. The first-order chi connectivity index (χ1) is 13.4. The molecular weight excluding hydrogens is 411 g/mol. The molecular formula is C22H26Cl2N2O3. The van der Waals surface area contributed by atoms with Crippen LogP contribution in [0.1, 0.15) is 30.5 Å². The standard InChI is InChI=1S/C22H25ClN2O3.ClH/c1-22(2,11-15-6-7-20-16(10-15)8-9-27-20)25-13-17(26)14-28-21-5-3-4-19(23)18(21)12-24;/h3-7,10,17,25-26H,8-9,11,13-14H2,1-2H3;1H/t17-;/m1./s1. The molecule has 0 saturated heterocycles. The molecule has 0 radical (unpaired) electrons. The molecule has 0 aromatic heterocycles. The summed E-state index contributed by atoms with van der Waals surface area (Å²) in [6, 6.07) is 13.4. The van der Waals surface area contributed by atoms with Gasteiger partial charge in [-0.2, -0.15) is 5.26 Å². The van der Waals surface area contributed by atoms with Crippen molar-refractivity contribution in [1.82, 2.24) is 5.32 Å². The Balaban J connectivity index is 0.00000300. The lowest BCUT2D eigenvalue weighted by atomic mass is 9.93. The predicted molar refractivity (Wildman–Crippen MR) is 116 cm³/mol. The number of fused-ring (bicyclic) bond motifs is 1. The molecule has 2 aromatic carbocycles. The van der Waals surface area contributed by atoms with Crippen LogP contribution in [0.25, 0.3) is 0 Å². The molecule has 156 valence electrons. The van der Waals surface area contributed by atoms with Gasteiger partial charge in [-0.05, 0) is 49.6 Å². The van der Waals surface area contributed by atoms with Gasteiger partial charge >= 0.3 is 0 Å². The van der Waals surface area contributed by atoms with Crippen molar-refractivity contribution in [2.45, 2.75) is 38.3 Å². The molecule has 1 heterocycles. The molecule has 0 amide bonds. The topological polar surface area (TPSA) is 74.5 Å². The fraction of sp³-hybridized carbons (Fsp3) is 0.409. The number of β-amino-alcohol motifs (C(OH)–C–C–N with tert-alkyl or cyclic N) is 1. The van der Waals surface area contributed by atoms with Crippen LogP contribution in [0.3, 0.4) is 0 Å². The van der Waals surface area contributed by atoms with E-state index in [1.54, 1.807) is 18.2 Å². The second kappa shape index (κ2) is 10.2. The van der Waals surface area contributed by atoms with Crippen molar-refractivity contribution >= 4 is 24.0 Å². The number of nitrogens with zero attached hydrogens (tertiary/aromatic N) is 1. The summed E-state index contributed by atoms with van der Waals surface area (Å²) >= 11 is 5.99. The van der Waals surface area contributed by atoms with E-state index in [1.165, 1.54) is 11.1 Å². The van der Waals surface area contributed by atoms with Crippen LogP contribution in [0.4, 0.5) is 0 Å². The third kappa shape index (κ3) is 6.25. The minimum atomic E-state index is -0.710. The Morgan fingerprint density at radius 3 is 2.90 bits per heavy atom.